The summed E-state index contributed by atoms with van der Waals surface area (Å²) in [7, 11) is 1.98. The highest BCUT2D eigenvalue weighted by Crippen LogP contribution is 2.13. The molecule has 0 saturated carbocycles. The standard InChI is InChI=1S/C12H22N2O/c1-11(13-2)12-7-6-9-14(12)8-4-3-5-10-15/h6-7,9,11,13,15H,3-5,8,10H2,1-2H3. The zero-order chi connectivity index (χ0) is 11.1. The van der Waals surface area contributed by atoms with E-state index in [1.54, 1.807) is 0 Å². The Morgan fingerprint density at radius 2 is 2.20 bits per heavy atom. The SMILES string of the molecule is CNC(C)c1cccn1CCCCCO. The molecule has 0 aliphatic carbocycles. The zero-order valence-electron chi connectivity index (χ0n) is 9.74. The lowest BCUT2D eigenvalue weighted by molar-refractivity contribution is 0.281. The van der Waals surface area contributed by atoms with Crippen molar-refractivity contribution in [3.05, 3.63) is 24.0 Å². The molecule has 3 heteroatoms. The molecular formula is C12H22N2O. The molecule has 0 fully saturated rings. The first-order valence-corrected chi connectivity index (χ1v) is 5.72. The fourth-order valence-electron chi connectivity index (χ4n) is 1.74. The van der Waals surface area contributed by atoms with E-state index in [2.05, 4.69) is 35.1 Å². The van der Waals surface area contributed by atoms with Crippen molar-refractivity contribution < 1.29 is 5.11 Å². The van der Waals surface area contributed by atoms with Gasteiger partial charge in [0.2, 0.25) is 0 Å². The van der Waals surface area contributed by atoms with Crippen molar-refractivity contribution in [1.29, 1.82) is 0 Å². The third kappa shape index (κ3) is 3.68. The number of hydrogen-bond donors (Lipinski definition) is 2. The van der Waals surface area contributed by atoms with Gasteiger partial charge in [0.25, 0.3) is 0 Å². The Bertz CT molecular complexity index is 270. The van der Waals surface area contributed by atoms with Gasteiger partial charge in [0.05, 0.1) is 0 Å². The molecule has 1 unspecified atom stereocenters. The molecule has 86 valence electrons. The van der Waals surface area contributed by atoms with Crippen LogP contribution in [0.25, 0.3) is 0 Å². The minimum atomic E-state index is 0.311. The van der Waals surface area contributed by atoms with Crippen LogP contribution in [0.3, 0.4) is 0 Å². The lowest BCUT2D eigenvalue weighted by Crippen LogP contribution is -2.16. The Kier molecular flexibility index (Phi) is 5.43. The molecule has 0 saturated heterocycles. The number of hydrogen-bond acceptors (Lipinski definition) is 2. The van der Waals surface area contributed by atoms with Crippen LogP contribution in [0.5, 0.6) is 0 Å². The number of aromatic nitrogens is 1. The van der Waals surface area contributed by atoms with Gasteiger partial charge in [0.1, 0.15) is 0 Å². The fraction of sp³-hybridized carbons (Fsp3) is 0.667. The number of unbranched alkanes of at least 4 members (excludes halogenated alkanes) is 2. The van der Waals surface area contributed by atoms with Crippen LogP contribution >= 0.6 is 0 Å². The van der Waals surface area contributed by atoms with Gasteiger partial charge in [-0.1, -0.05) is 0 Å². The predicted molar refractivity (Wildman–Crippen MR) is 62.8 cm³/mol. The van der Waals surface area contributed by atoms with Gasteiger partial charge in [0, 0.05) is 31.1 Å². The Morgan fingerprint density at radius 1 is 1.40 bits per heavy atom. The van der Waals surface area contributed by atoms with Gasteiger partial charge >= 0.3 is 0 Å². The molecule has 1 aromatic rings. The summed E-state index contributed by atoms with van der Waals surface area (Å²) in [5.74, 6) is 0. The average Bonchev–Trinajstić information content (AvgIpc) is 2.71. The third-order valence-electron chi connectivity index (χ3n) is 2.80. The largest absolute Gasteiger partial charge is 0.396 e. The summed E-state index contributed by atoms with van der Waals surface area (Å²) in [6, 6.07) is 4.65. The number of nitrogens with one attached hydrogen (secondary N) is 1. The van der Waals surface area contributed by atoms with Crippen LogP contribution in [-0.4, -0.2) is 23.3 Å². The molecule has 1 rings (SSSR count). The number of nitrogens with zero attached hydrogens (tertiary/aromatic N) is 1. The average molecular weight is 210 g/mol. The van der Waals surface area contributed by atoms with E-state index in [9.17, 15) is 0 Å². The van der Waals surface area contributed by atoms with Crippen LogP contribution in [0.4, 0.5) is 0 Å². The molecule has 3 nitrogen and oxygen atoms in total. The van der Waals surface area contributed by atoms with E-state index in [0.29, 0.717) is 12.6 Å². The van der Waals surface area contributed by atoms with Crippen molar-refractivity contribution in [1.82, 2.24) is 9.88 Å². The van der Waals surface area contributed by atoms with Crippen LogP contribution in [0.1, 0.15) is 37.9 Å². The molecule has 0 aromatic carbocycles. The number of aliphatic hydroxyl groups excluding tert-OH is 1. The molecule has 1 atom stereocenters. The predicted octanol–water partition coefficient (Wildman–Crippen LogP) is 1.93. The molecule has 1 heterocycles. The van der Waals surface area contributed by atoms with Crippen LogP contribution in [0.15, 0.2) is 18.3 Å². The van der Waals surface area contributed by atoms with E-state index in [0.717, 1.165) is 25.8 Å². The first-order chi connectivity index (χ1) is 7.29. The molecular weight excluding hydrogens is 188 g/mol. The van der Waals surface area contributed by atoms with Gasteiger partial charge in [-0.05, 0) is 45.4 Å². The second-order valence-electron chi connectivity index (χ2n) is 3.92. The lowest BCUT2D eigenvalue weighted by Gasteiger charge is -2.14. The van der Waals surface area contributed by atoms with Crippen LogP contribution < -0.4 is 5.32 Å². The van der Waals surface area contributed by atoms with Crippen molar-refractivity contribution >= 4 is 0 Å². The smallest absolute Gasteiger partial charge is 0.0443 e. The zero-order valence-corrected chi connectivity index (χ0v) is 9.74. The first-order valence-electron chi connectivity index (χ1n) is 5.72. The minimum absolute atomic E-state index is 0.311. The first kappa shape index (κ1) is 12.3. The summed E-state index contributed by atoms with van der Waals surface area (Å²) >= 11 is 0. The van der Waals surface area contributed by atoms with Crippen LogP contribution in [0, 0.1) is 0 Å². The molecule has 2 N–H and O–H groups in total. The summed E-state index contributed by atoms with van der Waals surface area (Å²) in [4.78, 5) is 0. The van der Waals surface area contributed by atoms with Gasteiger partial charge in [-0.2, -0.15) is 0 Å². The Morgan fingerprint density at radius 3 is 2.87 bits per heavy atom. The Hall–Kier alpha value is -0.800. The third-order valence-corrected chi connectivity index (χ3v) is 2.80. The van der Waals surface area contributed by atoms with Gasteiger partial charge in [-0.15, -0.1) is 0 Å². The molecule has 15 heavy (non-hydrogen) atoms. The number of aryl methyl sites for hydroxylation is 1. The monoisotopic (exact) mass is 210 g/mol. The molecule has 0 spiro atoms. The molecule has 0 aliphatic rings. The van der Waals surface area contributed by atoms with Gasteiger partial charge in [-0.25, -0.2) is 0 Å². The maximum Gasteiger partial charge on any atom is 0.0443 e. The molecule has 0 amide bonds. The van der Waals surface area contributed by atoms with E-state index < -0.39 is 0 Å². The lowest BCUT2D eigenvalue weighted by atomic mass is 10.2. The summed E-state index contributed by atoms with van der Waals surface area (Å²) in [5.41, 5.74) is 1.33. The summed E-state index contributed by atoms with van der Waals surface area (Å²) in [6.45, 7) is 3.53. The van der Waals surface area contributed by atoms with Gasteiger partial charge in [-0.3, -0.25) is 0 Å². The van der Waals surface area contributed by atoms with Crippen molar-refractivity contribution in [2.24, 2.45) is 0 Å². The number of aliphatic hydroxyl groups is 1. The minimum Gasteiger partial charge on any atom is -0.396 e. The maximum absolute atomic E-state index is 8.69. The Labute approximate surface area is 92.1 Å². The second-order valence-corrected chi connectivity index (χ2v) is 3.92. The molecule has 0 aliphatic heterocycles. The highest BCUT2D eigenvalue weighted by atomic mass is 16.2. The van der Waals surface area contributed by atoms with Crippen LogP contribution in [0.2, 0.25) is 0 Å². The normalized spacial score (nSPS) is 13.0. The highest BCUT2D eigenvalue weighted by molar-refractivity contribution is 5.11. The van der Waals surface area contributed by atoms with Crippen molar-refractivity contribution in [2.75, 3.05) is 13.7 Å². The van der Waals surface area contributed by atoms with Gasteiger partial charge in [0.15, 0.2) is 0 Å². The van der Waals surface area contributed by atoms with E-state index in [1.807, 2.05) is 7.05 Å². The van der Waals surface area contributed by atoms with Crippen LogP contribution in [-0.2, 0) is 6.54 Å². The van der Waals surface area contributed by atoms with E-state index >= 15 is 0 Å². The van der Waals surface area contributed by atoms with E-state index in [4.69, 9.17) is 5.11 Å². The molecule has 1 aromatic heterocycles. The quantitative estimate of drug-likeness (QED) is 0.675. The number of rotatable bonds is 7. The molecule has 0 radical (unpaired) electrons. The maximum atomic E-state index is 8.69. The van der Waals surface area contributed by atoms with Crippen molar-refractivity contribution in [2.45, 2.75) is 38.8 Å². The second kappa shape index (κ2) is 6.64. The molecule has 0 bridgehead atoms. The van der Waals surface area contributed by atoms with E-state index in [1.165, 1.54) is 5.69 Å². The topological polar surface area (TPSA) is 37.2 Å². The van der Waals surface area contributed by atoms with Crippen molar-refractivity contribution in [3.63, 3.8) is 0 Å². The highest BCUT2D eigenvalue weighted by Gasteiger charge is 2.06. The van der Waals surface area contributed by atoms with Crippen molar-refractivity contribution in [3.8, 4) is 0 Å². The summed E-state index contributed by atoms with van der Waals surface area (Å²) < 4.78 is 2.29. The van der Waals surface area contributed by atoms with E-state index in [-0.39, 0.29) is 0 Å². The fourth-order valence-corrected chi connectivity index (χ4v) is 1.74. The summed E-state index contributed by atoms with van der Waals surface area (Å²) in [5, 5.41) is 11.9. The summed E-state index contributed by atoms with van der Waals surface area (Å²) in [6.07, 6.45) is 5.28. The Balaban J connectivity index is 2.43. The van der Waals surface area contributed by atoms with Gasteiger partial charge < -0.3 is 15.0 Å².